The largest absolute Gasteiger partial charge is 0.483 e. The minimum Gasteiger partial charge on any atom is -0.483 e. The van der Waals surface area contributed by atoms with Crippen LogP contribution in [-0.4, -0.2) is 24.2 Å². The monoisotopic (exact) mass is 317 g/mol. The maximum atomic E-state index is 12.0. The van der Waals surface area contributed by atoms with E-state index in [1.54, 1.807) is 12.1 Å². The Morgan fingerprint density at radius 1 is 1.30 bits per heavy atom. The fourth-order valence-electron chi connectivity index (χ4n) is 2.31. The highest BCUT2D eigenvalue weighted by Crippen LogP contribution is 2.28. The Balaban J connectivity index is 1.94. The summed E-state index contributed by atoms with van der Waals surface area (Å²) >= 11 is 0. The Morgan fingerprint density at radius 2 is 2.09 bits per heavy atom. The predicted molar refractivity (Wildman–Crippen MR) is 87.3 cm³/mol. The zero-order valence-corrected chi connectivity index (χ0v) is 13.5. The summed E-state index contributed by atoms with van der Waals surface area (Å²) in [5.74, 6) is 1.29. The van der Waals surface area contributed by atoms with Crippen molar-refractivity contribution in [1.29, 1.82) is 0 Å². The van der Waals surface area contributed by atoms with Gasteiger partial charge in [0.25, 0.3) is 5.91 Å². The summed E-state index contributed by atoms with van der Waals surface area (Å²) in [4.78, 5) is 12.0. The van der Waals surface area contributed by atoms with E-state index in [4.69, 9.17) is 9.15 Å². The first-order valence-corrected chi connectivity index (χ1v) is 7.81. The first kappa shape index (κ1) is 17.1. The minimum absolute atomic E-state index is 0.106. The van der Waals surface area contributed by atoms with Crippen molar-refractivity contribution in [3.05, 3.63) is 54.0 Å². The van der Waals surface area contributed by atoms with E-state index in [1.807, 2.05) is 24.3 Å². The van der Waals surface area contributed by atoms with Gasteiger partial charge in [0.05, 0.1) is 12.9 Å². The number of hydrogen-bond acceptors (Lipinski definition) is 4. The zero-order valence-electron chi connectivity index (χ0n) is 13.5. The van der Waals surface area contributed by atoms with E-state index in [1.165, 1.54) is 6.26 Å². The van der Waals surface area contributed by atoms with Crippen LogP contribution in [0.2, 0.25) is 0 Å². The van der Waals surface area contributed by atoms with E-state index < -0.39 is 6.04 Å². The fraction of sp³-hybridized carbons (Fsp3) is 0.389. The molecule has 23 heavy (non-hydrogen) atoms. The molecule has 124 valence electrons. The van der Waals surface area contributed by atoms with Crippen LogP contribution in [0, 0.1) is 0 Å². The van der Waals surface area contributed by atoms with Crippen molar-refractivity contribution in [2.75, 3.05) is 13.2 Å². The second-order valence-corrected chi connectivity index (χ2v) is 5.45. The van der Waals surface area contributed by atoms with E-state index in [9.17, 15) is 9.90 Å². The lowest BCUT2D eigenvalue weighted by Gasteiger charge is -2.17. The Hall–Kier alpha value is -2.27. The lowest BCUT2D eigenvalue weighted by molar-refractivity contribution is -0.124. The summed E-state index contributed by atoms with van der Waals surface area (Å²) in [6.45, 7) is 3.90. The molecule has 0 aliphatic carbocycles. The molecular weight excluding hydrogens is 294 g/mol. The van der Waals surface area contributed by atoms with Crippen LogP contribution in [0.5, 0.6) is 5.75 Å². The van der Waals surface area contributed by atoms with Gasteiger partial charge in [0.15, 0.2) is 6.61 Å². The molecular formula is C18H23NO4. The topological polar surface area (TPSA) is 71.7 Å². The van der Waals surface area contributed by atoms with Crippen molar-refractivity contribution in [2.24, 2.45) is 0 Å². The molecule has 1 heterocycles. The van der Waals surface area contributed by atoms with Crippen LogP contribution in [0.4, 0.5) is 0 Å². The molecule has 0 radical (unpaired) electrons. The van der Waals surface area contributed by atoms with E-state index in [0.29, 0.717) is 11.7 Å². The average molecular weight is 317 g/mol. The van der Waals surface area contributed by atoms with E-state index in [0.717, 1.165) is 17.7 Å². The molecule has 0 saturated carbocycles. The van der Waals surface area contributed by atoms with Gasteiger partial charge in [-0.1, -0.05) is 32.0 Å². The third-order valence-electron chi connectivity index (χ3n) is 3.83. The van der Waals surface area contributed by atoms with Gasteiger partial charge in [0, 0.05) is 0 Å². The number of hydrogen-bond donors (Lipinski definition) is 2. The molecule has 0 saturated heterocycles. The van der Waals surface area contributed by atoms with Crippen molar-refractivity contribution in [1.82, 2.24) is 5.32 Å². The van der Waals surface area contributed by atoms with Crippen LogP contribution < -0.4 is 10.1 Å². The lowest BCUT2D eigenvalue weighted by Crippen LogP contribution is -2.34. The first-order valence-electron chi connectivity index (χ1n) is 7.81. The van der Waals surface area contributed by atoms with Gasteiger partial charge in [-0.2, -0.15) is 0 Å². The summed E-state index contributed by atoms with van der Waals surface area (Å²) in [7, 11) is 0. The van der Waals surface area contributed by atoms with Gasteiger partial charge >= 0.3 is 0 Å². The Kier molecular flexibility index (Phi) is 6.23. The highest BCUT2D eigenvalue weighted by molar-refractivity contribution is 5.78. The van der Waals surface area contributed by atoms with E-state index >= 15 is 0 Å². The molecule has 5 nitrogen and oxygen atoms in total. The van der Waals surface area contributed by atoms with Gasteiger partial charge in [-0.3, -0.25) is 4.79 Å². The molecule has 0 fully saturated rings. The van der Waals surface area contributed by atoms with Crippen molar-refractivity contribution in [2.45, 2.75) is 32.2 Å². The van der Waals surface area contributed by atoms with Crippen molar-refractivity contribution in [3.63, 3.8) is 0 Å². The van der Waals surface area contributed by atoms with Crippen LogP contribution >= 0.6 is 0 Å². The molecule has 2 atom stereocenters. The Morgan fingerprint density at radius 3 is 2.74 bits per heavy atom. The third kappa shape index (κ3) is 4.60. The number of aliphatic hydroxyl groups is 1. The van der Waals surface area contributed by atoms with Crippen molar-refractivity contribution < 1.29 is 19.1 Å². The fourth-order valence-corrected chi connectivity index (χ4v) is 2.31. The number of carbonyl (C=O) groups excluding carboxylic acids is 1. The molecule has 0 aliphatic heterocycles. The second-order valence-electron chi connectivity index (χ2n) is 5.45. The minimum atomic E-state index is -0.564. The smallest absolute Gasteiger partial charge is 0.258 e. The molecule has 2 unspecified atom stereocenters. The second kappa shape index (κ2) is 8.39. The summed E-state index contributed by atoms with van der Waals surface area (Å²) in [6, 6.07) is 10.6. The number of nitrogens with one attached hydrogen (secondary N) is 1. The molecule has 2 rings (SSSR count). The van der Waals surface area contributed by atoms with Crippen LogP contribution in [0.1, 0.15) is 43.6 Å². The normalized spacial score (nSPS) is 13.3. The molecule has 1 aromatic heterocycles. The van der Waals surface area contributed by atoms with Crippen LogP contribution in [0.15, 0.2) is 47.1 Å². The summed E-state index contributed by atoms with van der Waals surface area (Å²) < 4.78 is 10.9. The lowest BCUT2D eigenvalue weighted by atomic mass is 9.98. The first-order chi connectivity index (χ1) is 11.2. The molecule has 1 amide bonds. The van der Waals surface area contributed by atoms with Crippen LogP contribution in [0.25, 0.3) is 0 Å². The molecule has 0 spiro atoms. The highest BCUT2D eigenvalue weighted by atomic mass is 16.5. The SMILES string of the molecule is CCC(C)c1ccccc1OCC(=O)NC(CO)c1ccco1. The zero-order chi connectivity index (χ0) is 16.7. The summed E-state index contributed by atoms with van der Waals surface area (Å²) in [5.41, 5.74) is 1.09. The van der Waals surface area contributed by atoms with E-state index in [2.05, 4.69) is 19.2 Å². The molecule has 0 bridgehead atoms. The number of carbonyl (C=O) groups is 1. The standard InChI is InChI=1S/C18H23NO4/c1-3-13(2)14-7-4-5-8-16(14)23-12-18(21)19-15(11-20)17-9-6-10-22-17/h4-10,13,15,20H,3,11-12H2,1-2H3,(H,19,21). The predicted octanol–water partition coefficient (Wildman–Crippen LogP) is 3.02. The Bertz CT molecular complexity index is 609. The quantitative estimate of drug-likeness (QED) is 0.785. The number of ether oxygens (including phenoxy) is 1. The molecule has 1 aromatic carbocycles. The van der Waals surface area contributed by atoms with E-state index in [-0.39, 0.29) is 19.1 Å². The number of aliphatic hydroxyl groups excluding tert-OH is 1. The number of furan rings is 1. The third-order valence-corrected chi connectivity index (χ3v) is 3.83. The van der Waals surface area contributed by atoms with Gasteiger partial charge < -0.3 is 19.6 Å². The maximum absolute atomic E-state index is 12.0. The highest BCUT2D eigenvalue weighted by Gasteiger charge is 2.17. The van der Waals surface area contributed by atoms with Crippen molar-refractivity contribution in [3.8, 4) is 5.75 Å². The summed E-state index contributed by atoms with van der Waals surface area (Å²) in [5, 5.41) is 12.1. The molecule has 5 heteroatoms. The van der Waals surface area contributed by atoms with Gasteiger partial charge in [0.2, 0.25) is 0 Å². The van der Waals surface area contributed by atoms with Gasteiger partial charge in [0.1, 0.15) is 17.6 Å². The van der Waals surface area contributed by atoms with Gasteiger partial charge in [-0.25, -0.2) is 0 Å². The van der Waals surface area contributed by atoms with Crippen LogP contribution in [-0.2, 0) is 4.79 Å². The molecule has 2 aromatic rings. The van der Waals surface area contributed by atoms with Crippen LogP contribution in [0.3, 0.4) is 0 Å². The Labute approximate surface area is 136 Å². The number of rotatable bonds is 8. The molecule has 0 aliphatic rings. The van der Waals surface area contributed by atoms with Crippen molar-refractivity contribution >= 4 is 5.91 Å². The van der Waals surface area contributed by atoms with Gasteiger partial charge in [-0.05, 0) is 36.1 Å². The number of para-hydroxylation sites is 1. The molecule has 2 N–H and O–H groups in total. The van der Waals surface area contributed by atoms with Gasteiger partial charge in [-0.15, -0.1) is 0 Å². The average Bonchev–Trinajstić information content (AvgIpc) is 3.11. The number of amides is 1. The number of benzene rings is 1. The maximum Gasteiger partial charge on any atom is 0.258 e. The summed E-state index contributed by atoms with van der Waals surface area (Å²) in [6.07, 6.45) is 2.50.